The number of nitrogens with zero attached hydrogens (tertiary/aromatic N) is 5. The molecule has 1 aromatic heterocycles. The van der Waals surface area contributed by atoms with E-state index in [4.69, 9.17) is 4.98 Å². The van der Waals surface area contributed by atoms with Gasteiger partial charge < -0.3 is 14.7 Å². The van der Waals surface area contributed by atoms with Crippen molar-refractivity contribution < 1.29 is 4.79 Å². The molecule has 2 aromatic carbocycles. The Morgan fingerprint density at radius 2 is 1.55 bits per heavy atom. The Kier molecular flexibility index (Phi) is 8.08. The average molecular weight is 515 g/mol. The zero-order chi connectivity index (χ0) is 26.5. The molecule has 0 atom stereocenters. The van der Waals surface area contributed by atoms with Crippen molar-refractivity contribution >= 4 is 17.5 Å². The van der Waals surface area contributed by atoms with Gasteiger partial charge in [-0.25, -0.2) is 4.98 Å². The molecule has 2 fully saturated rings. The summed E-state index contributed by atoms with van der Waals surface area (Å²) in [5.41, 5.74) is 5.78. The highest BCUT2D eigenvalue weighted by Gasteiger charge is 2.23. The number of nitrogens with one attached hydrogen (secondary N) is 1. The number of benzene rings is 2. The summed E-state index contributed by atoms with van der Waals surface area (Å²) >= 11 is 0. The molecular weight excluding hydrogens is 476 g/mol. The summed E-state index contributed by atoms with van der Waals surface area (Å²) in [5.74, 6) is 0.793. The fraction of sp³-hybridized carbons (Fsp3) is 0.433. The summed E-state index contributed by atoms with van der Waals surface area (Å²) in [7, 11) is 0. The number of hydrogen-bond donors (Lipinski definition) is 1. The van der Waals surface area contributed by atoms with Crippen LogP contribution in [0.1, 0.15) is 28.8 Å². The van der Waals surface area contributed by atoms with E-state index < -0.39 is 0 Å². The van der Waals surface area contributed by atoms with Gasteiger partial charge in [0, 0.05) is 77.1 Å². The third-order valence-corrected chi connectivity index (χ3v) is 7.80. The molecule has 1 amide bonds. The number of carbonyl (C=O) groups excluding carboxylic acids is 1. The van der Waals surface area contributed by atoms with Crippen molar-refractivity contribution in [3.05, 3.63) is 87.3 Å². The van der Waals surface area contributed by atoms with Gasteiger partial charge in [0.2, 0.25) is 11.9 Å². The number of hydrogen-bond acceptors (Lipinski definition) is 6. The van der Waals surface area contributed by atoms with Crippen molar-refractivity contribution in [1.29, 1.82) is 0 Å². The Labute approximate surface area is 224 Å². The van der Waals surface area contributed by atoms with E-state index in [2.05, 4.69) is 63.9 Å². The van der Waals surface area contributed by atoms with Crippen molar-refractivity contribution in [3.8, 4) is 0 Å². The summed E-state index contributed by atoms with van der Waals surface area (Å²) in [6.45, 7) is 11.4. The minimum Gasteiger partial charge on any atom is -0.369 e. The summed E-state index contributed by atoms with van der Waals surface area (Å²) in [4.78, 5) is 41.7. The Hall–Kier alpha value is -3.65. The van der Waals surface area contributed by atoms with Crippen LogP contribution < -0.4 is 15.4 Å². The van der Waals surface area contributed by atoms with Crippen LogP contribution >= 0.6 is 0 Å². The van der Waals surface area contributed by atoms with Crippen molar-refractivity contribution in [2.24, 2.45) is 0 Å². The number of aromatic nitrogens is 2. The fourth-order valence-electron chi connectivity index (χ4n) is 5.26. The first-order valence-electron chi connectivity index (χ1n) is 13.7. The third-order valence-electron chi connectivity index (χ3n) is 7.80. The minimum absolute atomic E-state index is 0.125. The number of amides is 1. The first-order chi connectivity index (χ1) is 18.4. The number of H-pyrrole nitrogens is 1. The zero-order valence-electron chi connectivity index (χ0n) is 22.5. The van der Waals surface area contributed by atoms with E-state index in [0.717, 1.165) is 38.3 Å². The summed E-state index contributed by atoms with van der Waals surface area (Å²) in [6, 6.07) is 18.4. The molecule has 0 bridgehead atoms. The number of carbonyl (C=O) groups is 1. The van der Waals surface area contributed by atoms with Crippen molar-refractivity contribution in [2.45, 2.75) is 33.2 Å². The number of piperazine rings is 2. The first kappa shape index (κ1) is 26.0. The quantitative estimate of drug-likeness (QED) is 0.523. The molecule has 3 heterocycles. The largest absolute Gasteiger partial charge is 0.369 e. The number of aryl methyl sites for hydroxylation is 3. The highest BCUT2D eigenvalue weighted by Crippen LogP contribution is 2.21. The van der Waals surface area contributed by atoms with E-state index in [1.54, 1.807) is 6.07 Å². The number of rotatable bonds is 7. The molecule has 3 aromatic rings. The molecule has 8 nitrogen and oxygen atoms in total. The van der Waals surface area contributed by atoms with Gasteiger partial charge in [-0.05, 0) is 49.1 Å². The van der Waals surface area contributed by atoms with Gasteiger partial charge in [0.05, 0.1) is 5.69 Å². The van der Waals surface area contributed by atoms with Crippen LogP contribution in [0.25, 0.3) is 0 Å². The smallest absolute Gasteiger partial charge is 0.252 e. The normalized spacial score (nSPS) is 16.6. The van der Waals surface area contributed by atoms with Crippen LogP contribution in [-0.4, -0.2) is 78.0 Å². The molecule has 200 valence electrons. The van der Waals surface area contributed by atoms with Crippen LogP contribution in [0.5, 0.6) is 0 Å². The molecular formula is C30H38N6O2. The van der Waals surface area contributed by atoms with Crippen LogP contribution in [0.4, 0.5) is 11.6 Å². The van der Waals surface area contributed by atoms with E-state index in [0.29, 0.717) is 45.1 Å². The second-order valence-corrected chi connectivity index (χ2v) is 10.4. The van der Waals surface area contributed by atoms with E-state index >= 15 is 0 Å². The highest BCUT2D eigenvalue weighted by molar-refractivity contribution is 5.76. The molecule has 0 spiro atoms. The van der Waals surface area contributed by atoms with Gasteiger partial charge in [0.1, 0.15) is 0 Å². The van der Waals surface area contributed by atoms with E-state index in [1.165, 1.54) is 22.4 Å². The summed E-state index contributed by atoms with van der Waals surface area (Å²) in [5, 5.41) is 0. The molecule has 2 aliphatic rings. The molecule has 0 aliphatic carbocycles. The van der Waals surface area contributed by atoms with Crippen molar-refractivity contribution in [2.75, 3.05) is 62.2 Å². The summed E-state index contributed by atoms with van der Waals surface area (Å²) < 4.78 is 0. The zero-order valence-corrected chi connectivity index (χ0v) is 22.5. The molecule has 0 radical (unpaired) electrons. The van der Waals surface area contributed by atoms with Crippen molar-refractivity contribution in [1.82, 2.24) is 19.8 Å². The lowest BCUT2D eigenvalue weighted by atomic mass is 10.1. The monoisotopic (exact) mass is 514 g/mol. The van der Waals surface area contributed by atoms with Gasteiger partial charge in [0.15, 0.2) is 0 Å². The maximum Gasteiger partial charge on any atom is 0.252 e. The Bertz CT molecular complexity index is 1290. The van der Waals surface area contributed by atoms with Gasteiger partial charge in [-0.15, -0.1) is 0 Å². The van der Waals surface area contributed by atoms with Crippen LogP contribution in [0, 0.1) is 13.8 Å². The van der Waals surface area contributed by atoms with Crippen LogP contribution in [-0.2, 0) is 17.8 Å². The minimum atomic E-state index is -0.125. The maximum atomic E-state index is 12.7. The molecule has 38 heavy (non-hydrogen) atoms. The summed E-state index contributed by atoms with van der Waals surface area (Å²) in [6.07, 6.45) is 1.28. The van der Waals surface area contributed by atoms with Gasteiger partial charge >= 0.3 is 0 Å². The lowest BCUT2D eigenvalue weighted by molar-refractivity contribution is -0.131. The lowest BCUT2D eigenvalue weighted by Crippen LogP contribution is -2.49. The lowest BCUT2D eigenvalue weighted by Gasteiger charge is -2.36. The van der Waals surface area contributed by atoms with Crippen LogP contribution in [0.15, 0.2) is 59.4 Å². The maximum absolute atomic E-state index is 12.7. The molecule has 2 saturated heterocycles. The number of aromatic amines is 1. The molecule has 0 unspecified atom stereocenters. The molecule has 1 N–H and O–H groups in total. The second-order valence-electron chi connectivity index (χ2n) is 10.4. The van der Waals surface area contributed by atoms with Gasteiger partial charge in [-0.1, -0.05) is 36.4 Å². The van der Waals surface area contributed by atoms with Crippen molar-refractivity contribution in [3.63, 3.8) is 0 Å². The van der Waals surface area contributed by atoms with E-state index in [1.807, 2.05) is 23.1 Å². The molecule has 5 rings (SSSR count). The van der Waals surface area contributed by atoms with E-state index in [-0.39, 0.29) is 11.5 Å². The topological polar surface area (TPSA) is 75.8 Å². The molecule has 2 aliphatic heterocycles. The Morgan fingerprint density at radius 3 is 2.26 bits per heavy atom. The van der Waals surface area contributed by atoms with E-state index in [9.17, 15) is 9.59 Å². The van der Waals surface area contributed by atoms with Crippen LogP contribution in [0.3, 0.4) is 0 Å². The van der Waals surface area contributed by atoms with Gasteiger partial charge in [-0.3, -0.25) is 19.5 Å². The number of anilines is 2. The fourth-order valence-corrected chi connectivity index (χ4v) is 5.26. The Morgan fingerprint density at radius 1 is 0.842 bits per heavy atom. The predicted molar refractivity (Wildman–Crippen MR) is 152 cm³/mol. The second kappa shape index (κ2) is 11.8. The average Bonchev–Trinajstić information content (AvgIpc) is 2.94. The third kappa shape index (κ3) is 6.42. The Balaban J connectivity index is 1.12. The van der Waals surface area contributed by atoms with Gasteiger partial charge in [-0.2, -0.15) is 0 Å². The first-order valence-corrected chi connectivity index (χ1v) is 13.7. The predicted octanol–water partition coefficient (Wildman–Crippen LogP) is 2.99. The molecule has 0 saturated carbocycles. The van der Waals surface area contributed by atoms with Crippen LogP contribution in [0.2, 0.25) is 0 Å². The SMILES string of the molecule is Cc1ccc(N2CCN(Cc3cc(=O)[nH]c(N4CCN(C(=O)CCc5ccccc5)CC4)n3)CC2)cc1C. The highest BCUT2D eigenvalue weighted by atomic mass is 16.2. The van der Waals surface area contributed by atoms with Gasteiger partial charge in [0.25, 0.3) is 5.56 Å². The standard InChI is InChI=1S/C30H38N6O2/c1-23-8-10-27(20-24(23)2)34-14-12-33(13-15-34)22-26-21-28(37)32-30(31-26)36-18-16-35(17-19-36)29(38)11-9-25-6-4-3-5-7-25/h3-8,10,20-21H,9,11-19,22H2,1-2H3,(H,31,32,37). The molecule has 8 heteroatoms.